The van der Waals surface area contributed by atoms with Crippen LogP contribution in [0, 0.1) is 13.8 Å². The number of carbonyl (C=O) groups is 1. The molecule has 0 unspecified atom stereocenters. The second-order valence-electron chi connectivity index (χ2n) is 5.87. The number of furan rings is 1. The van der Waals surface area contributed by atoms with E-state index in [2.05, 4.69) is 5.32 Å². The maximum Gasteiger partial charge on any atom is 0.255 e. The molecule has 1 amide bonds. The van der Waals surface area contributed by atoms with Crippen molar-refractivity contribution in [1.29, 1.82) is 0 Å². The molecule has 1 aromatic heterocycles. The summed E-state index contributed by atoms with van der Waals surface area (Å²) in [6, 6.07) is 14.3. The van der Waals surface area contributed by atoms with E-state index in [4.69, 9.17) is 21.1 Å². The summed E-state index contributed by atoms with van der Waals surface area (Å²) in [4.78, 5) is 12.5. The second kappa shape index (κ2) is 7.13. The fourth-order valence-corrected chi connectivity index (χ4v) is 2.63. The van der Waals surface area contributed by atoms with Crippen LogP contribution in [-0.2, 0) is 6.61 Å². The zero-order chi connectivity index (χ0) is 18.0. The van der Waals surface area contributed by atoms with Gasteiger partial charge in [-0.25, -0.2) is 0 Å². The van der Waals surface area contributed by atoms with Crippen LogP contribution >= 0.6 is 11.6 Å². The van der Waals surface area contributed by atoms with Crippen molar-refractivity contribution >= 4 is 23.2 Å². The highest BCUT2D eigenvalue weighted by Crippen LogP contribution is 2.30. The van der Waals surface area contributed by atoms with E-state index in [9.17, 15) is 4.79 Å². The van der Waals surface area contributed by atoms with Gasteiger partial charge in [0.2, 0.25) is 0 Å². The molecule has 2 N–H and O–H groups in total. The van der Waals surface area contributed by atoms with E-state index < -0.39 is 0 Å². The van der Waals surface area contributed by atoms with Crippen LogP contribution in [-0.4, -0.2) is 11.0 Å². The second-order valence-corrected chi connectivity index (χ2v) is 6.28. The molecule has 0 radical (unpaired) electrons. The standard InChI is InChI=1S/C20H18ClNO3/c1-12-3-4-15(9-13(12)2)20(24)22-18-10-14(5-7-17(18)21)19-8-6-16(11-23)25-19/h3-10,23H,11H2,1-2H3,(H,22,24). The molecule has 0 spiro atoms. The Kier molecular flexibility index (Phi) is 4.93. The van der Waals surface area contributed by atoms with Gasteiger partial charge in [-0.05, 0) is 67.4 Å². The third-order valence-electron chi connectivity index (χ3n) is 4.09. The van der Waals surface area contributed by atoms with Gasteiger partial charge in [0.25, 0.3) is 5.91 Å². The van der Waals surface area contributed by atoms with E-state index in [1.54, 1.807) is 36.4 Å². The smallest absolute Gasteiger partial charge is 0.255 e. The molecule has 5 heteroatoms. The molecule has 2 aromatic carbocycles. The quantitative estimate of drug-likeness (QED) is 0.695. The molecule has 0 bridgehead atoms. The number of anilines is 1. The minimum atomic E-state index is -0.224. The van der Waals surface area contributed by atoms with Crippen LogP contribution in [0.5, 0.6) is 0 Å². The first-order valence-electron chi connectivity index (χ1n) is 7.86. The molecule has 0 aliphatic carbocycles. The Balaban J connectivity index is 1.87. The van der Waals surface area contributed by atoms with E-state index in [-0.39, 0.29) is 12.5 Å². The van der Waals surface area contributed by atoms with Crippen LogP contribution < -0.4 is 5.32 Å². The molecule has 0 fully saturated rings. The molecular weight excluding hydrogens is 338 g/mol. The zero-order valence-electron chi connectivity index (χ0n) is 14.0. The molecule has 0 saturated carbocycles. The third kappa shape index (κ3) is 3.76. The number of carbonyl (C=O) groups excluding carboxylic acids is 1. The number of hydrogen-bond donors (Lipinski definition) is 2. The highest BCUT2D eigenvalue weighted by atomic mass is 35.5. The van der Waals surface area contributed by atoms with Crippen molar-refractivity contribution < 1.29 is 14.3 Å². The molecule has 0 aliphatic rings. The van der Waals surface area contributed by atoms with Crippen LogP contribution in [0.2, 0.25) is 5.02 Å². The Morgan fingerprint density at radius 1 is 1.08 bits per heavy atom. The third-order valence-corrected chi connectivity index (χ3v) is 4.42. The predicted molar refractivity (Wildman–Crippen MR) is 98.9 cm³/mol. The van der Waals surface area contributed by atoms with Crippen LogP contribution in [0.15, 0.2) is 52.9 Å². The molecular formula is C20H18ClNO3. The van der Waals surface area contributed by atoms with Gasteiger partial charge in [0, 0.05) is 11.1 Å². The van der Waals surface area contributed by atoms with Gasteiger partial charge in [-0.2, -0.15) is 0 Å². The molecule has 1 heterocycles. The van der Waals surface area contributed by atoms with Crippen LogP contribution in [0.25, 0.3) is 11.3 Å². The topological polar surface area (TPSA) is 62.5 Å². The van der Waals surface area contributed by atoms with E-state index in [0.29, 0.717) is 27.8 Å². The number of rotatable bonds is 4. The lowest BCUT2D eigenvalue weighted by atomic mass is 10.1. The molecule has 128 valence electrons. The number of halogens is 1. The van der Waals surface area contributed by atoms with Gasteiger partial charge in [0.05, 0.1) is 10.7 Å². The largest absolute Gasteiger partial charge is 0.459 e. The average molecular weight is 356 g/mol. The molecule has 0 atom stereocenters. The van der Waals surface area contributed by atoms with Gasteiger partial charge in [0.1, 0.15) is 18.1 Å². The van der Waals surface area contributed by atoms with Crippen LogP contribution in [0.3, 0.4) is 0 Å². The number of aliphatic hydroxyl groups excluding tert-OH is 1. The number of aliphatic hydroxyl groups is 1. The summed E-state index contributed by atoms with van der Waals surface area (Å²) < 4.78 is 5.53. The first kappa shape index (κ1) is 17.3. The minimum Gasteiger partial charge on any atom is -0.459 e. The van der Waals surface area contributed by atoms with Crippen LogP contribution in [0.4, 0.5) is 5.69 Å². The fourth-order valence-electron chi connectivity index (χ4n) is 2.47. The molecule has 3 rings (SSSR count). The van der Waals surface area contributed by atoms with Gasteiger partial charge in [0.15, 0.2) is 0 Å². The van der Waals surface area contributed by atoms with Gasteiger partial charge in [-0.1, -0.05) is 17.7 Å². The predicted octanol–water partition coefficient (Wildman–Crippen LogP) is 4.96. The van der Waals surface area contributed by atoms with Crippen LogP contribution in [0.1, 0.15) is 27.2 Å². The van der Waals surface area contributed by atoms with Crippen molar-refractivity contribution in [2.75, 3.05) is 5.32 Å². The highest BCUT2D eigenvalue weighted by Gasteiger charge is 2.12. The first-order valence-corrected chi connectivity index (χ1v) is 8.24. The van der Waals surface area contributed by atoms with E-state index in [0.717, 1.165) is 16.7 Å². The molecule has 3 aromatic rings. The molecule has 0 saturated heterocycles. The van der Waals surface area contributed by atoms with Crippen molar-refractivity contribution in [3.8, 4) is 11.3 Å². The summed E-state index contributed by atoms with van der Waals surface area (Å²) in [6.07, 6.45) is 0. The van der Waals surface area contributed by atoms with Gasteiger partial charge < -0.3 is 14.8 Å². The van der Waals surface area contributed by atoms with E-state index in [1.165, 1.54) is 0 Å². The Bertz CT molecular complexity index is 930. The van der Waals surface area contributed by atoms with Crippen molar-refractivity contribution in [3.63, 3.8) is 0 Å². The van der Waals surface area contributed by atoms with Crippen molar-refractivity contribution in [2.45, 2.75) is 20.5 Å². The zero-order valence-corrected chi connectivity index (χ0v) is 14.7. The SMILES string of the molecule is Cc1ccc(C(=O)Nc2cc(-c3ccc(CO)o3)ccc2Cl)cc1C. The van der Waals surface area contributed by atoms with E-state index in [1.807, 2.05) is 26.0 Å². The summed E-state index contributed by atoms with van der Waals surface area (Å²) in [5.74, 6) is 0.853. The number of benzene rings is 2. The Morgan fingerprint density at radius 2 is 1.88 bits per heavy atom. The Hall–Kier alpha value is -2.56. The Labute approximate surface area is 151 Å². The number of hydrogen-bond acceptors (Lipinski definition) is 3. The summed E-state index contributed by atoms with van der Waals surface area (Å²) >= 11 is 6.22. The van der Waals surface area contributed by atoms with Crippen molar-refractivity contribution in [3.05, 3.63) is 76.0 Å². The minimum absolute atomic E-state index is 0.163. The Morgan fingerprint density at radius 3 is 2.56 bits per heavy atom. The molecule has 0 aliphatic heterocycles. The summed E-state index contributed by atoms with van der Waals surface area (Å²) in [7, 11) is 0. The number of aryl methyl sites for hydroxylation is 2. The lowest BCUT2D eigenvalue weighted by Gasteiger charge is -2.10. The maximum atomic E-state index is 12.5. The summed E-state index contributed by atoms with van der Waals surface area (Å²) in [6.45, 7) is 3.81. The number of nitrogens with one attached hydrogen (secondary N) is 1. The number of amides is 1. The monoisotopic (exact) mass is 355 g/mol. The lowest BCUT2D eigenvalue weighted by molar-refractivity contribution is 0.102. The van der Waals surface area contributed by atoms with E-state index >= 15 is 0 Å². The molecule has 4 nitrogen and oxygen atoms in total. The normalized spacial score (nSPS) is 10.7. The maximum absolute atomic E-state index is 12.5. The van der Waals surface area contributed by atoms with Gasteiger partial charge >= 0.3 is 0 Å². The van der Waals surface area contributed by atoms with Gasteiger partial charge in [-0.15, -0.1) is 0 Å². The van der Waals surface area contributed by atoms with Crippen molar-refractivity contribution in [1.82, 2.24) is 0 Å². The van der Waals surface area contributed by atoms with Gasteiger partial charge in [-0.3, -0.25) is 4.79 Å². The lowest BCUT2D eigenvalue weighted by Crippen LogP contribution is -2.12. The average Bonchev–Trinajstić information content (AvgIpc) is 3.08. The summed E-state index contributed by atoms with van der Waals surface area (Å²) in [5, 5.41) is 12.4. The summed E-state index contributed by atoms with van der Waals surface area (Å²) in [5.41, 5.74) is 4.03. The van der Waals surface area contributed by atoms with Crippen molar-refractivity contribution in [2.24, 2.45) is 0 Å². The molecule has 25 heavy (non-hydrogen) atoms. The fraction of sp³-hybridized carbons (Fsp3) is 0.150. The first-order chi connectivity index (χ1) is 12.0. The highest BCUT2D eigenvalue weighted by molar-refractivity contribution is 6.34.